The third-order valence-electron chi connectivity index (χ3n) is 3.35. The number of benzene rings is 1. The topological polar surface area (TPSA) is 15.3 Å². The van der Waals surface area contributed by atoms with E-state index in [0.717, 1.165) is 6.54 Å². The molecule has 0 radical (unpaired) electrons. The van der Waals surface area contributed by atoms with Crippen molar-refractivity contribution in [3.8, 4) is 0 Å². The summed E-state index contributed by atoms with van der Waals surface area (Å²) in [5, 5.41) is 3.63. The van der Waals surface area contributed by atoms with Crippen LogP contribution >= 0.6 is 0 Å². The van der Waals surface area contributed by atoms with Crippen LogP contribution in [-0.4, -0.2) is 30.6 Å². The molecule has 0 saturated carbocycles. The Hall–Kier alpha value is -1.28. The Kier molecular flexibility index (Phi) is 4.63. The van der Waals surface area contributed by atoms with E-state index in [-0.39, 0.29) is 0 Å². The molecule has 1 heterocycles. The number of hydrogen-bond donors (Lipinski definition) is 1. The van der Waals surface area contributed by atoms with Crippen molar-refractivity contribution in [2.24, 2.45) is 0 Å². The maximum absolute atomic E-state index is 3.81. The minimum absolute atomic E-state index is 0.618. The largest absolute Gasteiger partial charge is 0.382 e. The first-order chi connectivity index (χ1) is 8.38. The van der Waals surface area contributed by atoms with Gasteiger partial charge in [0.15, 0.2) is 0 Å². The number of hydrogen-bond acceptors (Lipinski definition) is 2. The molecule has 2 nitrogen and oxygen atoms in total. The number of rotatable bonds is 4. The fourth-order valence-electron chi connectivity index (χ4n) is 2.44. The third-order valence-corrected chi connectivity index (χ3v) is 3.35. The minimum atomic E-state index is 0.618. The van der Waals surface area contributed by atoms with Crippen LogP contribution in [0.4, 0.5) is 5.69 Å². The number of nitrogens with zero attached hydrogens (tertiary/aromatic N) is 1. The van der Waals surface area contributed by atoms with Gasteiger partial charge in [0, 0.05) is 24.8 Å². The van der Waals surface area contributed by atoms with Gasteiger partial charge in [-0.3, -0.25) is 4.90 Å². The molecular formula is C15H22N2. The van der Waals surface area contributed by atoms with Gasteiger partial charge in [-0.1, -0.05) is 24.3 Å². The summed E-state index contributed by atoms with van der Waals surface area (Å²) in [6.45, 7) is 7.23. The van der Waals surface area contributed by atoms with Gasteiger partial charge in [-0.2, -0.15) is 0 Å². The fourth-order valence-corrected chi connectivity index (χ4v) is 2.44. The van der Waals surface area contributed by atoms with Gasteiger partial charge in [-0.05, 0) is 37.9 Å². The summed E-state index contributed by atoms with van der Waals surface area (Å²) in [5.74, 6) is 0. The SMILES string of the molecule is C=CCN1CCC[C@@H](Nc2ccccc2)CC1. The van der Waals surface area contributed by atoms with E-state index in [1.165, 1.54) is 38.0 Å². The molecule has 0 bridgehead atoms. The highest BCUT2D eigenvalue weighted by Crippen LogP contribution is 2.16. The number of nitrogens with one attached hydrogen (secondary N) is 1. The van der Waals surface area contributed by atoms with E-state index < -0.39 is 0 Å². The van der Waals surface area contributed by atoms with Crippen molar-refractivity contribution in [3.05, 3.63) is 43.0 Å². The molecular weight excluding hydrogens is 208 g/mol. The van der Waals surface area contributed by atoms with E-state index in [1.807, 2.05) is 6.08 Å². The second kappa shape index (κ2) is 6.45. The summed E-state index contributed by atoms with van der Waals surface area (Å²) in [5.41, 5.74) is 1.25. The molecule has 1 atom stereocenters. The summed E-state index contributed by atoms with van der Waals surface area (Å²) in [6.07, 6.45) is 5.77. The van der Waals surface area contributed by atoms with Crippen LogP contribution in [-0.2, 0) is 0 Å². The smallest absolute Gasteiger partial charge is 0.0342 e. The second-order valence-electron chi connectivity index (χ2n) is 4.73. The summed E-state index contributed by atoms with van der Waals surface area (Å²) < 4.78 is 0. The normalized spacial score (nSPS) is 21.8. The van der Waals surface area contributed by atoms with Crippen molar-refractivity contribution in [1.82, 2.24) is 4.90 Å². The Morgan fingerprint density at radius 2 is 2.06 bits per heavy atom. The van der Waals surface area contributed by atoms with Crippen LogP contribution in [0.3, 0.4) is 0 Å². The summed E-state index contributed by atoms with van der Waals surface area (Å²) in [6, 6.07) is 11.1. The third kappa shape index (κ3) is 3.90. The van der Waals surface area contributed by atoms with E-state index in [1.54, 1.807) is 0 Å². The van der Waals surface area contributed by atoms with Crippen molar-refractivity contribution in [3.63, 3.8) is 0 Å². The lowest BCUT2D eigenvalue weighted by Gasteiger charge is -2.19. The molecule has 1 aromatic carbocycles. The molecule has 0 amide bonds. The molecule has 2 heteroatoms. The molecule has 1 N–H and O–H groups in total. The fraction of sp³-hybridized carbons (Fsp3) is 0.467. The zero-order valence-electron chi connectivity index (χ0n) is 10.4. The average molecular weight is 230 g/mol. The standard InChI is InChI=1S/C15H22N2/c1-2-11-17-12-6-9-15(10-13-17)16-14-7-4-3-5-8-14/h2-5,7-8,15-16H,1,6,9-13H2/t15-/m1/s1. The van der Waals surface area contributed by atoms with Gasteiger partial charge in [0.2, 0.25) is 0 Å². The number of para-hydroxylation sites is 1. The highest BCUT2D eigenvalue weighted by Gasteiger charge is 2.15. The van der Waals surface area contributed by atoms with Crippen LogP contribution in [0.15, 0.2) is 43.0 Å². The van der Waals surface area contributed by atoms with E-state index in [2.05, 4.69) is 47.1 Å². The van der Waals surface area contributed by atoms with E-state index >= 15 is 0 Å². The maximum atomic E-state index is 3.81. The summed E-state index contributed by atoms with van der Waals surface area (Å²) >= 11 is 0. The van der Waals surface area contributed by atoms with Crippen LogP contribution in [0.5, 0.6) is 0 Å². The highest BCUT2D eigenvalue weighted by molar-refractivity contribution is 5.43. The van der Waals surface area contributed by atoms with Crippen molar-refractivity contribution in [1.29, 1.82) is 0 Å². The Morgan fingerprint density at radius 3 is 2.82 bits per heavy atom. The zero-order valence-corrected chi connectivity index (χ0v) is 10.4. The van der Waals surface area contributed by atoms with E-state index in [9.17, 15) is 0 Å². The van der Waals surface area contributed by atoms with E-state index in [0.29, 0.717) is 6.04 Å². The van der Waals surface area contributed by atoms with Gasteiger partial charge in [0.05, 0.1) is 0 Å². The molecule has 1 aliphatic rings. The molecule has 1 saturated heterocycles. The molecule has 1 aliphatic heterocycles. The van der Waals surface area contributed by atoms with E-state index in [4.69, 9.17) is 0 Å². The van der Waals surface area contributed by atoms with Crippen LogP contribution in [0.2, 0.25) is 0 Å². The lowest BCUT2D eigenvalue weighted by Crippen LogP contribution is -2.26. The van der Waals surface area contributed by atoms with Gasteiger partial charge in [-0.15, -0.1) is 6.58 Å². The molecule has 17 heavy (non-hydrogen) atoms. The first kappa shape index (κ1) is 12.2. The number of anilines is 1. The van der Waals surface area contributed by atoms with Crippen molar-refractivity contribution in [2.45, 2.75) is 25.3 Å². The average Bonchev–Trinajstić information content (AvgIpc) is 2.57. The first-order valence-electron chi connectivity index (χ1n) is 6.53. The monoisotopic (exact) mass is 230 g/mol. The lowest BCUT2D eigenvalue weighted by atomic mass is 10.1. The second-order valence-corrected chi connectivity index (χ2v) is 4.73. The maximum Gasteiger partial charge on any atom is 0.0342 e. The van der Waals surface area contributed by atoms with Crippen molar-refractivity contribution < 1.29 is 0 Å². The van der Waals surface area contributed by atoms with Gasteiger partial charge >= 0.3 is 0 Å². The van der Waals surface area contributed by atoms with Crippen molar-refractivity contribution in [2.75, 3.05) is 25.0 Å². The Bertz CT molecular complexity index is 334. The molecule has 0 aromatic heterocycles. The van der Waals surface area contributed by atoms with Crippen molar-refractivity contribution >= 4 is 5.69 Å². The quantitative estimate of drug-likeness (QED) is 0.799. The van der Waals surface area contributed by atoms with Crippen LogP contribution in [0.1, 0.15) is 19.3 Å². The Labute approximate surface area is 104 Å². The molecule has 92 valence electrons. The van der Waals surface area contributed by atoms with Gasteiger partial charge in [-0.25, -0.2) is 0 Å². The van der Waals surface area contributed by atoms with Gasteiger partial charge in [0.1, 0.15) is 0 Å². The Balaban J connectivity index is 1.84. The molecule has 0 aliphatic carbocycles. The summed E-state index contributed by atoms with van der Waals surface area (Å²) in [4.78, 5) is 2.49. The Morgan fingerprint density at radius 1 is 1.24 bits per heavy atom. The summed E-state index contributed by atoms with van der Waals surface area (Å²) in [7, 11) is 0. The molecule has 2 rings (SSSR count). The lowest BCUT2D eigenvalue weighted by molar-refractivity contribution is 0.315. The molecule has 1 fully saturated rings. The van der Waals surface area contributed by atoms with Crippen LogP contribution in [0, 0.1) is 0 Å². The minimum Gasteiger partial charge on any atom is -0.382 e. The van der Waals surface area contributed by atoms with Crippen LogP contribution in [0.25, 0.3) is 0 Å². The van der Waals surface area contributed by atoms with Gasteiger partial charge < -0.3 is 5.32 Å². The predicted octanol–water partition coefficient (Wildman–Crippen LogP) is 3.14. The molecule has 0 spiro atoms. The highest BCUT2D eigenvalue weighted by atomic mass is 15.1. The predicted molar refractivity (Wildman–Crippen MR) is 74.3 cm³/mol. The van der Waals surface area contributed by atoms with Gasteiger partial charge in [0.25, 0.3) is 0 Å². The molecule has 0 unspecified atom stereocenters. The zero-order chi connectivity index (χ0) is 11.9. The molecule has 1 aromatic rings. The van der Waals surface area contributed by atoms with Crippen LogP contribution < -0.4 is 5.32 Å². The number of likely N-dealkylation sites (tertiary alicyclic amines) is 1. The first-order valence-corrected chi connectivity index (χ1v) is 6.53.